The second-order valence-corrected chi connectivity index (χ2v) is 4.79. The highest BCUT2D eigenvalue weighted by molar-refractivity contribution is 5.80. The number of hydrogen-bond acceptors (Lipinski definition) is 3. The zero-order valence-electron chi connectivity index (χ0n) is 11.3. The van der Waals surface area contributed by atoms with Crippen LogP contribution in [0.3, 0.4) is 0 Å². The predicted octanol–water partition coefficient (Wildman–Crippen LogP) is 1.63. The number of aryl methyl sites for hydroxylation is 1. The number of nitrogens with one attached hydrogen (secondary N) is 1. The molecule has 3 aromatic rings. The van der Waals surface area contributed by atoms with Gasteiger partial charge in [0.25, 0.3) is 5.56 Å². The quantitative estimate of drug-likeness (QED) is 0.764. The molecule has 2 N–H and O–H groups in total. The van der Waals surface area contributed by atoms with Gasteiger partial charge in [-0.25, -0.2) is 9.50 Å². The molecule has 0 unspecified atom stereocenters. The summed E-state index contributed by atoms with van der Waals surface area (Å²) in [5.74, 6) is -1.01. The number of aromatic nitrogens is 3. The second-order valence-electron chi connectivity index (χ2n) is 4.79. The smallest absolute Gasteiger partial charge is 0.309 e. The molecular formula is C15H13N3O3. The Kier molecular flexibility index (Phi) is 3.06. The normalized spacial score (nSPS) is 10.9. The topological polar surface area (TPSA) is 87.5 Å². The van der Waals surface area contributed by atoms with E-state index in [0.717, 1.165) is 16.8 Å². The van der Waals surface area contributed by atoms with Gasteiger partial charge in [-0.1, -0.05) is 30.3 Å². The van der Waals surface area contributed by atoms with E-state index in [1.165, 1.54) is 10.6 Å². The van der Waals surface area contributed by atoms with Gasteiger partial charge in [-0.3, -0.25) is 14.7 Å². The van der Waals surface area contributed by atoms with Crippen LogP contribution in [0.5, 0.6) is 0 Å². The molecule has 0 bridgehead atoms. The average molecular weight is 283 g/mol. The number of carbonyl (C=O) groups is 1. The van der Waals surface area contributed by atoms with Crippen molar-refractivity contribution < 1.29 is 9.90 Å². The minimum absolute atomic E-state index is 0.253. The van der Waals surface area contributed by atoms with Crippen LogP contribution in [0.25, 0.3) is 16.8 Å². The van der Waals surface area contributed by atoms with E-state index in [-0.39, 0.29) is 17.7 Å². The molecule has 0 saturated heterocycles. The summed E-state index contributed by atoms with van der Waals surface area (Å²) in [4.78, 5) is 27.2. The number of H-pyrrole nitrogens is 1. The number of rotatable bonds is 3. The number of aliphatic carboxylic acids is 1. The van der Waals surface area contributed by atoms with Gasteiger partial charge in [0.2, 0.25) is 0 Å². The van der Waals surface area contributed by atoms with E-state index in [2.05, 4.69) is 10.1 Å². The van der Waals surface area contributed by atoms with Crippen LogP contribution in [-0.2, 0) is 11.2 Å². The fourth-order valence-corrected chi connectivity index (χ4v) is 2.39. The molecule has 2 heterocycles. The Morgan fingerprint density at radius 2 is 2.05 bits per heavy atom. The van der Waals surface area contributed by atoms with E-state index in [1.54, 1.807) is 0 Å². The lowest BCUT2D eigenvalue weighted by atomic mass is 10.1. The Balaban J connectivity index is 2.30. The van der Waals surface area contributed by atoms with Gasteiger partial charge in [0, 0.05) is 17.3 Å². The van der Waals surface area contributed by atoms with Crippen LogP contribution in [0.1, 0.15) is 11.4 Å². The summed E-state index contributed by atoms with van der Waals surface area (Å²) in [7, 11) is 0. The molecule has 21 heavy (non-hydrogen) atoms. The standard InChI is InChI=1S/C15H13N3O3/c1-9-14(10-5-3-2-4-6-10)15-16-11(8-13(20)21)7-12(19)18(15)17-9/h2-7,17H,8H2,1H3,(H,20,21). The molecule has 6 heteroatoms. The zero-order valence-corrected chi connectivity index (χ0v) is 11.3. The van der Waals surface area contributed by atoms with Crippen molar-refractivity contribution >= 4 is 11.6 Å². The van der Waals surface area contributed by atoms with Gasteiger partial charge in [-0.05, 0) is 12.5 Å². The number of nitrogens with zero attached hydrogens (tertiary/aromatic N) is 2. The molecule has 6 nitrogen and oxygen atoms in total. The Labute approximate surface area is 119 Å². The maximum absolute atomic E-state index is 12.1. The van der Waals surface area contributed by atoms with Crippen molar-refractivity contribution in [2.45, 2.75) is 13.3 Å². The molecular weight excluding hydrogens is 270 g/mol. The first-order valence-electron chi connectivity index (χ1n) is 6.45. The summed E-state index contributed by atoms with van der Waals surface area (Å²) in [6, 6.07) is 10.8. The first-order valence-corrected chi connectivity index (χ1v) is 6.45. The largest absolute Gasteiger partial charge is 0.481 e. The van der Waals surface area contributed by atoms with Crippen molar-refractivity contribution in [1.82, 2.24) is 14.6 Å². The highest BCUT2D eigenvalue weighted by Crippen LogP contribution is 2.26. The molecule has 0 spiro atoms. The van der Waals surface area contributed by atoms with Crippen LogP contribution in [0, 0.1) is 6.92 Å². The molecule has 0 radical (unpaired) electrons. The summed E-state index contributed by atoms with van der Waals surface area (Å²) >= 11 is 0. The number of aromatic amines is 1. The van der Waals surface area contributed by atoms with Crippen molar-refractivity contribution in [3.05, 3.63) is 58.1 Å². The van der Waals surface area contributed by atoms with Crippen molar-refractivity contribution in [2.75, 3.05) is 0 Å². The average Bonchev–Trinajstić information content (AvgIpc) is 2.76. The number of hydrogen-bond donors (Lipinski definition) is 2. The Bertz CT molecular complexity index is 878. The molecule has 0 aliphatic rings. The number of fused-ring (bicyclic) bond motifs is 1. The Hall–Kier alpha value is -2.89. The predicted molar refractivity (Wildman–Crippen MR) is 77.3 cm³/mol. The second kappa shape index (κ2) is 4.90. The fraction of sp³-hybridized carbons (Fsp3) is 0.133. The highest BCUT2D eigenvalue weighted by atomic mass is 16.4. The summed E-state index contributed by atoms with van der Waals surface area (Å²) in [5, 5.41) is 11.8. The first-order chi connectivity index (χ1) is 10.1. The van der Waals surface area contributed by atoms with Gasteiger partial charge in [0.15, 0.2) is 5.65 Å². The van der Waals surface area contributed by atoms with E-state index in [4.69, 9.17) is 5.11 Å². The maximum Gasteiger partial charge on any atom is 0.309 e. The van der Waals surface area contributed by atoms with Crippen molar-refractivity contribution in [2.24, 2.45) is 0 Å². The van der Waals surface area contributed by atoms with Crippen LogP contribution in [0.4, 0.5) is 0 Å². The zero-order chi connectivity index (χ0) is 15.0. The van der Waals surface area contributed by atoms with Crippen LogP contribution in [0.15, 0.2) is 41.2 Å². The van der Waals surface area contributed by atoms with E-state index < -0.39 is 5.97 Å². The van der Waals surface area contributed by atoms with Gasteiger partial charge in [-0.2, -0.15) is 0 Å². The lowest BCUT2D eigenvalue weighted by Crippen LogP contribution is -2.17. The third-order valence-electron chi connectivity index (χ3n) is 3.24. The third kappa shape index (κ3) is 2.31. The Morgan fingerprint density at radius 3 is 2.71 bits per heavy atom. The number of carboxylic acids is 1. The van der Waals surface area contributed by atoms with Crippen LogP contribution >= 0.6 is 0 Å². The van der Waals surface area contributed by atoms with Crippen molar-refractivity contribution in [1.29, 1.82) is 0 Å². The summed E-state index contributed by atoms with van der Waals surface area (Å²) in [6.45, 7) is 1.85. The van der Waals surface area contributed by atoms with Gasteiger partial charge in [-0.15, -0.1) is 0 Å². The molecule has 0 amide bonds. The monoisotopic (exact) mass is 283 g/mol. The minimum Gasteiger partial charge on any atom is -0.481 e. The van der Waals surface area contributed by atoms with Gasteiger partial charge < -0.3 is 5.11 Å². The van der Waals surface area contributed by atoms with Gasteiger partial charge >= 0.3 is 5.97 Å². The Morgan fingerprint density at radius 1 is 1.33 bits per heavy atom. The lowest BCUT2D eigenvalue weighted by molar-refractivity contribution is -0.136. The van der Waals surface area contributed by atoms with Gasteiger partial charge in [0.1, 0.15) is 0 Å². The van der Waals surface area contributed by atoms with Crippen LogP contribution in [0.2, 0.25) is 0 Å². The van der Waals surface area contributed by atoms with E-state index in [9.17, 15) is 9.59 Å². The molecule has 0 fully saturated rings. The summed E-state index contributed by atoms with van der Waals surface area (Å²) < 4.78 is 1.34. The fourth-order valence-electron chi connectivity index (χ4n) is 2.39. The maximum atomic E-state index is 12.1. The van der Waals surface area contributed by atoms with Crippen LogP contribution < -0.4 is 5.56 Å². The van der Waals surface area contributed by atoms with Crippen molar-refractivity contribution in [3.8, 4) is 11.1 Å². The van der Waals surface area contributed by atoms with E-state index in [1.807, 2.05) is 37.3 Å². The SMILES string of the molecule is Cc1[nH]n2c(=O)cc(CC(=O)O)nc2c1-c1ccccc1. The van der Waals surface area contributed by atoms with Crippen molar-refractivity contribution in [3.63, 3.8) is 0 Å². The summed E-state index contributed by atoms with van der Waals surface area (Å²) in [5.41, 5.74) is 2.92. The summed E-state index contributed by atoms with van der Waals surface area (Å²) in [6.07, 6.45) is -0.274. The number of carboxylic acid groups (broad SMARTS) is 1. The molecule has 1 aromatic carbocycles. The molecule has 3 rings (SSSR count). The highest BCUT2D eigenvalue weighted by Gasteiger charge is 2.15. The molecule has 0 aliphatic heterocycles. The molecule has 0 atom stereocenters. The van der Waals surface area contributed by atoms with E-state index >= 15 is 0 Å². The lowest BCUT2D eigenvalue weighted by Gasteiger charge is -2.01. The van der Waals surface area contributed by atoms with E-state index in [0.29, 0.717) is 5.65 Å². The molecule has 2 aromatic heterocycles. The molecule has 106 valence electrons. The number of benzene rings is 1. The minimum atomic E-state index is -1.01. The third-order valence-corrected chi connectivity index (χ3v) is 3.24. The van der Waals surface area contributed by atoms with Crippen LogP contribution in [-0.4, -0.2) is 25.7 Å². The molecule has 0 saturated carbocycles. The van der Waals surface area contributed by atoms with Gasteiger partial charge in [0.05, 0.1) is 12.1 Å². The first kappa shape index (κ1) is 13.1. The molecule has 0 aliphatic carbocycles.